The highest BCUT2D eigenvalue weighted by atomic mass is 35.5. The maximum Gasteiger partial charge on any atom is 0.194 e. The van der Waals surface area contributed by atoms with Crippen LogP contribution in [0.15, 0.2) is 42.5 Å². The number of methoxy groups -OCH3 is 1. The summed E-state index contributed by atoms with van der Waals surface area (Å²) in [5, 5.41) is 0.290. The second-order valence-corrected chi connectivity index (χ2v) is 4.14. The number of nitrogens with two attached hydrogens (primary N) is 1. The van der Waals surface area contributed by atoms with E-state index in [2.05, 4.69) is 0 Å². The van der Waals surface area contributed by atoms with Gasteiger partial charge >= 0.3 is 0 Å². The lowest BCUT2D eigenvalue weighted by Crippen LogP contribution is -2.03. The van der Waals surface area contributed by atoms with Crippen molar-refractivity contribution in [2.45, 2.75) is 0 Å². The van der Waals surface area contributed by atoms with Gasteiger partial charge in [0.1, 0.15) is 5.75 Å². The van der Waals surface area contributed by atoms with Crippen LogP contribution in [0.3, 0.4) is 0 Å². The molecule has 2 aromatic rings. The third-order valence-electron chi connectivity index (χ3n) is 2.63. The van der Waals surface area contributed by atoms with Crippen molar-refractivity contribution in [1.29, 1.82) is 0 Å². The smallest absolute Gasteiger partial charge is 0.194 e. The van der Waals surface area contributed by atoms with Gasteiger partial charge in [-0.3, -0.25) is 4.79 Å². The molecule has 0 fully saturated rings. The van der Waals surface area contributed by atoms with E-state index in [1.54, 1.807) is 49.6 Å². The molecule has 0 heterocycles. The van der Waals surface area contributed by atoms with Crippen molar-refractivity contribution in [1.82, 2.24) is 0 Å². The summed E-state index contributed by atoms with van der Waals surface area (Å²) in [6, 6.07) is 11.9. The molecule has 92 valence electrons. The Morgan fingerprint density at radius 2 is 1.83 bits per heavy atom. The Hall–Kier alpha value is -2.00. The van der Waals surface area contributed by atoms with Gasteiger partial charge in [0.25, 0.3) is 0 Å². The minimum atomic E-state index is -0.157. The third kappa shape index (κ3) is 2.31. The van der Waals surface area contributed by atoms with Crippen LogP contribution in [0.25, 0.3) is 0 Å². The van der Waals surface area contributed by atoms with E-state index in [1.165, 1.54) is 0 Å². The van der Waals surface area contributed by atoms with Gasteiger partial charge in [-0.1, -0.05) is 17.7 Å². The van der Waals surface area contributed by atoms with Crippen molar-refractivity contribution in [2.24, 2.45) is 0 Å². The van der Waals surface area contributed by atoms with E-state index in [-0.39, 0.29) is 5.78 Å². The van der Waals surface area contributed by atoms with Crippen molar-refractivity contribution in [3.05, 3.63) is 58.6 Å². The van der Waals surface area contributed by atoms with Gasteiger partial charge in [-0.2, -0.15) is 0 Å². The Kier molecular flexibility index (Phi) is 3.53. The molecular weight excluding hydrogens is 250 g/mol. The van der Waals surface area contributed by atoms with Crippen LogP contribution in [0.5, 0.6) is 5.75 Å². The highest BCUT2D eigenvalue weighted by Gasteiger charge is 2.14. The van der Waals surface area contributed by atoms with Crippen molar-refractivity contribution < 1.29 is 9.53 Å². The molecule has 2 rings (SSSR count). The lowest BCUT2D eigenvalue weighted by atomic mass is 10.0. The molecule has 0 aromatic heterocycles. The predicted octanol–water partition coefficient (Wildman–Crippen LogP) is 3.16. The van der Waals surface area contributed by atoms with E-state index in [0.29, 0.717) is 27.6 Å². The van der Waals surface area contributed by atoms with Gasteiger partial charge in [0, 0.05) is 11.1 Å². The Bertz CT molecular complexity index is 579. The Labute approximate surface area is 110 Å². The summed E-state index contributed by atoms with van der Waals surface area (Å²) >= 11 is 6.03. The molecule has 0 amide bonds. The Morgan fingerprint density at radius 1 is 1.17 bits per heavy atom. The molecule has 4 heteroatoms. The van der Waals surface area contributed by atoms with Gasteiger partial charge in [-0.05, 0) is 36.4 Å². The molecule has 0 unspecified atom stereocenters. The molecule has 0 atom stereocenters. The zero-order valence-electron chi connectivity index (χ0n) is 9.81. The average Bonchev–Trinajstić information content (AvgIpc) is 2.41. The maximum absolute atomic E-state index is 12.2. The van der Waals surface area contributed by atoms with Gasteiger partial charge in [0.15, 0.2) is 5.78 Å². The summed E-state index contributed by atoms with van der Waals surface area (Å²) in [6.07, 6.45) is 0. The molecule has 2 N–H and O–H groups in total. The zero-order valence-corrected chi connectivity index (χ0v) is 10.6. The number of rotatable bonds is 3. The largest absolute Gasteiger partial charge is 0.497 e. The number of ether oxygens (including phenoxy) is 1. The van der Waals surface area contributed by atoms with Gasteiger partial charge in [0.2, 0.25) is 0 Å². The number of nitrogen functional groups attached to an aromatic ring is 1. The number of ketones is 1. The molecule has 0 aliphatic carbocycles. The first-order valence-electron chi connectivity index (χ1n) is 5.36. The molecule has 0 spiro atoms. The maximum atomic E-state index is 12.2. The SMILES string of the molecule is COc1ccc(C(=O)c2cccc(N)c2Cl)cc1. The zero-order chi connectivity index (χ0) is 13.1. The van der Waals surface area contributed by atoms with Crippen LogP contribution in [0.2, 0.25) is 5.02 Å². The summed E-state index contributed by atoms with van der Waals surface area (Å²) in [4.78, 5) is 12.2. The van der Waals surface area contributed by atoms with Crippen LogP contribution in [0.1, 0.15) is 15.9 Å². The van der Waals surface area contributed by atoms with Crippen LogP contribution in [0.4, 0.5) is 5.69 Å². The van der Waals surface area contributed by atoms with Crippen LogP contribution in [-0.2, 0) is 0 Å². The molecule has 0 saturated carbocycles. The second kappa shape index (κ2) is 5.10. The minimum absolute atomic E-state index is 0.157. The first kappa shape index (κ1) is 12.5. The van der Waals surface area contributed by atoms with Crippen molar-refractivity contribution in [3.63, 3.8) is 0 Å². The molecule has 2 aromatic carbocycles. The highest BCUT2D eigenvalue weighted by Crippen LogP contribution is 2.25. The fourth-order valence-electron chi connectivity index (χ4n) is 1.62. The lowest BCUT2D eigenvalue weighted by molar-refractivity contribution is 0.103. The normalized spacial score (nSPS) is 10.1. The molecule has 0 aliphatic heterocycles. The first-order valence-corrected chi connectivity index (χ1v) is 5.74. The standard InChI is InChI=1S/C14H12ClNO2/c1-18-10-7-5-9(6-8-10)14(17)11-3-2-4-12(16)13(11)15/h2-8H,16H2,1H3. The monoisotopic (exact) mass is 261 g/mol. The molecule has 0 aliphatic rings. The number of halogens is 1. The molecule has 3 nitrogen and oxygen atoms in total. The molecule has 0 radical (unpaired) electrons. The van der Waals surface area contributed by atoms with Crippen molar-refractivity contribution in [3.8, 4) is 5.75 Å². The summed E-state index contributed by atoms with van der Waals surface area (Å²) in [5.74, 6) is 0.542. The van der Waals surface area contributed by atoms with Crippen molar-refractivity contribution >= 4 is 23.1 Å². The number of anilines is 1. The molecule has 18 heavy (non-hydrogen) atoms. The van der Waals surface area contributed by atoms with E-state index >= 15 is 0 Å². The van der Waals surface area contributed by atoms with Crippen LogP contribution in [-0.4, -0.2) is 12.9 Å². The summed E-state index contributed by atoms with van der Waals surface area (Å²) in [6.45, 7) is 0. The number of carbonyl (C=O) groups is 1. The van der Waals surface area contributed by atoms with Crippen LogP contribution >= 0.6 is 11.6 Å². The highest BCUT2D eigenvalue weighted by molar-refractivity contribution is 6.37. The summed E-state index contributed by atoms with van der Waals surface area (Å²) in [7, 11) is 1.57. The molecular formula is C14H12ClNO2. The fourth-order valence-corrected chi connectivity index (χ4v) is 1.83. The summed E-state index contributed by atoms with van der Waals surface area (Å²) < 4.78 is 5.04. The van der Waals surface area contributed by atoms with Gasteiger partial charge in [-0.25, -0.2) is 0 Å². The number of hydrogen-bond donors (Lipinski definition) is 1. The van der Waals surface area contributed by atoms with Crippen LogP contribution < -0.4 is 10.5 Å². The third-order valence-corrected chi connectivity index (χ3v) is 3.05. The van der Waals surface area contributed by atoms with E-state index in [9.17, 15) is 4.79 Å². The van der Waals surface area contributed by atoms with Gasteiger partial charge in [0.05, 0.1) is 17.8 Å². The molecule has 0 saturated heterocycles. The topological polar surface area (TPSA) is 52.3 Å². The fraction of sp³-hybridized carbons (Fsp3) is 0.0714. The minimum Gasteiger partial charge on any atom is -0.497 e. The lowest BCUT2D eigenvalue weighted by Gasteiger charge is -2.06. The van der Waals surface area contributed by atoms with E-state index in [0.717, 1.165) is 0 Å². The quantitative estimate of drug-likeness (QED) is 0.682. The predicted molar refractivity (Wildman–Crippen MR) is 72.3 cm³/mol. The Balaban J connectivity index is 2.38. The van der Waals surface area contributed by atoms with Crippen molar-refractivity contribution in [2.75, 3.05) is 12.8 Å². The molecule has 0 bridgehead atoms. The summed E-state index contributed by atoms with van der Waals surface area (Å²) in [5.41, 5.74) is 7.03. The van der Waals surface area contributed by atoms with E-state index in [4.69, 9.17) is 22.1 Å². The Morgan fingerprint density at radius 3 is 2.44 bits per heavy atom. The number of benzene rings is 2. The van der Waals surface area contributed by atoms with Gasteiger partial charge < -0.3 is 10.5 Å². The van der Waals surface area contributed by atoms with Crippen LogP contribution in [0, 0.1) is 0 Å². The van der Waals surface area contributed by atoms with Gasteiger partial charge in [-0.15, -0.1) is 0 Å². The second-order valence-electron chi connectivity index (χ2n) is 3.77. The number of hydrogen-bond acceptors (Lipinski definition) is 3. The first-order chi connectivity index (χ1) is 8.63. The number of carbonyl (C=O) groups excluding carboxylic acids is 1. The van der Waals surface area contributed by atoms with E-state index < -0.39 is 0 Å². The average molecular weight is 262 g/mol. The van der Waals surface area contributed by atoms with E-state index in [1.807, 2.05) is 0 Å².